The number of nitrogens with zero attached hydrogens (tertiary/aromatic N) is 1. The highest BCUT2D eigenvalue weighted by molar-refractivity contribution is 5.95. The van der Waals surface area contributed by atoms with Crippen molar-refractivity contribution in [3.8, 4) is 11.3 Å². The number of hydrogen-bond acceptors (Lipinski definition) is 1. The Labute approximate surface area is 176 Å². The van der Waals surface area contributed by atoms with Crippen LogP contribution in [0.25, 0.3) is 22.0 Å². The predicted molar refractivity (Wildman–Crippen MR) is 126 cm³/mol. The van der Waals surface area contributed by atoms with E-state index >= 15 is 0 Å². The Morgan fingerprint density at radius 3 is 2.55 bits per heavy atom. The van der Waals surface area contributed by atoms with Crippen LogP contribution < -0.4 is 0 Å². The van der Waals surface area contributed by atoms with Crippen LogP contribution in [0.5, 0.6) is 0 Å². The largest absolute Gasteiger partial charge is 0.256 e. The summed E-state index contributed by atoms with van der Waals surface area (Å²) in [7, 11) is 0. The minimum absolute atomic E-state index is 0.645. The number of aryl methyl sites for hydroxylation is 1. The summed E-state index contributed by atoms with van der Waals surface area (Å²) in [6.07, 6.45) is 12.6. The van der Waals surface area contributed by atoms with Gasteiger partial charge in [-0.25, -0.2) is 0 Å². The first-order valence-electron chi connectivity index (χ1n) is 11.7. The Balaban J connectivity index is 1.75. The highest BCUT2D eigenvalue weighted by Gasteiger charge is 2.17. The molecule has 29 heavy (non-hydrogen) atoms. The summed E-state index contributed by atoms with van der Waals surface area (Å²) in [6, 6.07) is 16.4. The number of benzene rings is 2. The monoisotopic (exact) mass is 385 g/mol. The first-order chi connectivity index (χ1) is 14.2. The van der Waals surface area contributed by atoms with Crippen molar-refractivity contribution < 1.29 is 0 Å². The van der Waals surface area contributed by atoms with Crippen molar-refractivity contribution in [2.45, 2.75) is 84.0 Å². The van der Waals surface area contributed by atoms with Crippen LogP contribution in [0, 0.1) is 6.92 Å². The minimum atomic E-state index is 0.645. The van der Waals surface area contributed by atoms with Crippen molar-refractivity contribution >= 4 is 10.8 Å². The van der Waals surface area contributed by atoms with E-state index in [4.69, 9.17) is 4.98 Å². The maximum absolute atomic E-state index is 4.83. The summed E-state index contributed by atoms with van der Waals surface area (Å²) in [5.74, 6) is 1.39. The third-order valence-electron chi connectivity index (χ3n) is 6.84. The predicted octanol–water partition coefficient (Wildman–Crippen LogP) is 8.55. The second-order valence-electron chi connectivity index (χ2n) is 9.00. The molecule has 2 aromatic carbocycles. The molecular weight excluding hydrogens is 350 g/mol. The van der Waals surface area contributed by atoms with Crippen molar-refractivity contribution in [1.29, 1.82) is 0 Å². The maximum Gasteiger partial charge on any atom is 0.0780 e. The summed E-state index contributed by atoms with van der Waals surface area (Å²) >= 11 is 0. The molecule has 0 saturated heterocycles. The van der Waals surface area contributed by atoms with Gasteiger partial charge in [-0.15, -0.1) is 0 Å². The highest BCUT2D eigenvalue weighted by atomic mass is 14.7. The SMILES string of the molecule is CCCC(CC)c1cc(C)cc(-c2nccc3cc(C4CCCCC4)ccc23)c1. The Bertz CT molecular complexity index is 965. The van der Waals surface area contributed by atoms with Gasteiger partial charge in [-0.2, -0.15) is 0 Å². The average molecular weight is 386 g/mol. The third-order valence-corrected chi connectivity index (χ3v) is 6.84. The summed E-state index contributed by atoms with van der Waals surface area (Å²) < 4.78 is 0. The van der Waals surface area contributed by atoms with Crippen LogP contribution in [0.3, 0.4) is 0 Å². The molecule has 1 aliphatic carbocycles. The Hall–Kier alpha value is -2.15. The molecule has 0 N–H and O–H groups in total. The van der Waals surface area contributed by atoms with E-state index in [0.29, 0.717) is 5.92 Å². The van der Waals surface area contributed by atoms with Crippen LogP contribution in [-0.2, 0) is 0 Å². The van der Waals surface area contributed by atoms with Crippen molar-refractivity contribution in [2.75, 3.05) is 0 Å². The van der Waals surface area contributed by atoms with Gasteiger partial charge in [-0.05, 0) is 79.2 Å². The number of pyridine rings is 1. The fraction of sp³-hybridized carbons (Fsp3) is 0.464. The lowest BCUT2D eigenvalue weighted by Gasteiger charge is -2.22. The van der Waals surface area contributed by atoms with Crippen molar-refractivity contribution in [1.82, 2.24) is 4.98 Å². The Morgan fingerprint density at radius 1 is 0.966 bits per heavy atom. The van der Waals surface area contributed by atoms with E-state index in [1.807, 2.05) is 6.20 Å². The summed E-state index contributed by atoms with van der Waals surface area (Å²) in [4.78, 5) is 4.83. The van der Waals surface area contributed by atoms with Crippen molar-refractivity contribution in [3.63, 3.8) is 0 Å². The van der Waals surface area contributed by atoms with Gasteiger partial charge < -0.3 is 0 Å². The van der Waals surface area contributed by atoms with E-state index in [9.17, 15) is 0 Å². The fourth-order valence-electron chi connectivity index (χ4n) is 5.26. The summed E-state index contributed by atoms with van der Waals surface area (Å²) in [6.45, 7) is 6.82. The molecule has 0 spiro atoms. The van der Waals surface area contributed by atoms with E-state index in [-0.39, 0.29) is 0 Å². The van der Waals surface area contributed by atoms with Crippen LogP contribution >= 0.6 is 0 Å². The van der Waals surface area contributed by atoms with E-state index in [0.717, 1.165) is 11.6 Å². The zero-order valence-corrected chi connectivity index (χ0v) is 18.4. The van der Waals surface area contributed by atoms with Gasteiger partial charge in [-0.1, -0.05) is 69.4 Å². The third kappa shape index (κ3) is 4.39. The minimum Gasteiger partial charge on any atom is -0.256 e. The number of rotatable bonds is 6. The molecule has 4 rings (SSSR count). The number of fused-ring (bicyclic) bond motifs is 1. The van der Waals surface area contributed by atoms with Gasteiger partial charge in [0.25, 0.3) is 0 Å². The smallest absolute Gasteiger partial charge is 0.0780 e. The average Bonchev–Trinajstić information content (AvgIpc) is 2.76. The molecule has 0 aliphatic heterocycles. The second-order valence-corrected chi connectivity index (χ2v) is 9.00. The van der Waals surface area contributed by atoms with Gasteiger partial charge in [0.2, 0.25) is 0 Å². The first-order valence-corrected chi connectivity index (χ1v) is 11.7. The van der Waals surface area contributed by atoms with Crippen LogP contribution in [0.1, 0.15) is 93.7 Å². The molecule has 1 atom stereocenters. The second kappa shape index (κ2) is 9.11. The van der Waals surface area contributed by atoms with E-state index in [1.54, 1.807) is 0 Å². The van der Waals surface area contributed by atoms with E-state index < -0.39 is 0 Å². The van der Waals surface area contributed by atoms with E-state index in [2.05, 4.69) is 63.2 Å². The molecular formula is C28H35N. The van der Waals surface area contributed by atoms with Gasteiger partial charge in [0, 0.05) is 17.1 Å². The quantitative estimate of drug-likeness (QED) is 0.414. The van der Waals surface area contributed by atoms with Gasteiger partial charge in [0.1, 0.15) is 0 Å². The lowest BCUT2D eigenvalue weighted by atomic mass is 9.83. The Morgan fingerprint density at radius 2 is 1.79 bits per heavy atom. The first kappa shape index (κ1) is 20.1. The van der Waals surface area contributed by atoms with Crippen LogP contribution in [0.15, 0.2) is 48.7 Å². The lowest BCUT2D eigenvalue weighted by Crippen LogP contribution is -2.04. The van der Waals surface area contributed by atoms with Gasteiger partial charge in [0.15, 0.2) is 0 Å². The van der Waals surface area contributed by atoms with Gasteiger partial charge in [0.05, 0.1) is 5.69 Å². The number of hydrogen-bond donors (Lipinski definition) is 0. The molecule has 3 aromatic rings. The zero-order valence-electron chi connectivity index (χ0n) is 18.4. The molecule has 1 fully saturated rings. The normalized spacial score (nSPS) is 16.2. The standard InChI is InChI=1S/C28H35N/c1-4-9-21(5-2)25-16-20(3)17-26(19-25)28-27-13-12-23(18-24(27)14-15-29-28)22-10-7-6-8-11-22/h12-19,21-22H,4-11H2,1-3H3. The molecule has 0 radical (unpaired) electrons. The van der Waals surface area contributed by atoms with Gasteiger partial charge >= 0.3 is 0 Å². The number of aromatic nitrogens is 1. The molecule has 1 aromatic heterocycles. The van der Waals surface area contributed by atoms with Gasteiger partial charge in [-0.3, -0.25) is 4.98 Å². The van der Waals surface area contributed by atoms with Crippen molar-refractivity contribution in [2.24, 2.45) is 0 Å². The molecule has 0 amide bonds. The molecule has 1 nitrogen and oxygen atoms in total. The zero-order chi connectivity index (χ0) is 20.2. The molecule has 1 heterocycles. The molecule has 1 saturated carbocycles. The van der Waals surface area contributed by atoms with Crippen LogP contribution in [-0.4, -0.2) is 4.98 Å². The molecule has 1 heteroatoms. The van der Waals surface area contributed by atoms with Crippen LogP contribution in [0.2, 0.25) is 0 Å². The molecule has 0 bridgehead atoms. The molecule has 1 aliphatic rings. The molecule has 152 valence electrons. The molecule has 1 unspecified atom stereocenters. The fourth-order valence-corrected chi connectivity index (χ4v) is 5.26. The maximum atomic E-state index is 4.83. The summed E-state index contributed by atoms with van der Waals surface area (Å²) in [5.41, 5.74) is 6.74. The van der Waals surface area contributed by atoms with Crippen molar-refractivity contribution in [3.05, 3.63) is 65.4 Å². The van der Waals surface area contributed by atoms with Crippen LogP contribution in [0.4, 0.5) is 0 Å². The summed E-state index contributed by atoms with van der Waals surface area (Å²) in [5, 5.41) is 2.62. The lowest BCUT2D eigenvalue weighted by molar-refractivity contribution is 0.444. The highest BCUT2D eigenvalue weighted by Crippen LogP contribution is 2.36. The Kier molecular flexibility index (Phi) is 6.33. The van der Waals surface area contributed by atoms with E-state index in [1.165, 1.54) is 84.4 Å². The topological polar surface area (TPSA) is 12.9 Å².